The van der Waals surface area contributed by atoms with E-state index in [9.17, 15) is 0 Å². The molecule has 0 aliphatic carbocycles. The third kappa shape index (κ3) is 3.13. The highest BCUT2D eigenvalue weighted by Gasteiger charge is 2.10. The largest absolute Gasteiger partial charge is 0.354 e. The average molecular weight is 348 g/mol. The van der Waals surface area contributed by atoms with Crippen molar-refractivity contribution < 1.29 is 0 Å². The lowest BCUT2D eigenvalue weighted by molar-refractivity contribution is 0.585. The Morgan fingerprint density at radius 1 is 1.15 bits per heavy atom. The normalized spacial score (nSPS) is 11.2. The smallest absolute Gasteiger partial charge is 0.223 e. The first kappa shape index (κ1) is 16.2. The minimum atomic E-state index is 0.621. The maximum Gasteiger partial charge on any atom is 0.223 e. The second-order valence-electron chi connectivity index (χ2n) is 6.15. The van der Waals surface area contributed by atoms with Crippen LogP contribution in [0.4, 0.5) is 5.95 Å². The number of hydrogen-bond donors (Lipinski definition) is 1. The van der Waals surface area contributed by atoms with Crippen LogP contribution >= 0.6 is 0 Å². The highest BCUT2D eigenvalue weighted by atomic mass is 15.4. The molecule has 0 aliphatic heterocycles. The second-order valence-corrected chi connectivity index (χ2v) is 6.15. The quantitative estimate of drug-likeness (QED) is 0.539. The first-order valence-electron chi connectivity index (χ1n) is 8.56. The van der Waals surface area contributed by atoms with Gasteiger partial charge in [0.2, 0.25) is 5.95 Å². The van der Waals surface area contributed by atoms with Crippen LogP contribution in [0.3, 0.4) is 0 Å². The number of fused-ring (bicyclic) bond motifs is 1. The molecule has 0 aliphatic rings. The lowest BCUT2D eigenvalue weighted by Crippen LogP contribution is -2.10. The standard InChI is InChI=1S/C18H20N8/c1-13-12-20-18(22-17(13)16-8-10-21-25(16)2)19-9-5-11-26-15-7-4-3-6-14(15)23-24-26/h3-4,6-8,10,12H,5,9,11H2,1-2H3,(H,19,20,22). The molecule has 3 aromatic heterocycles. The lowest BCUT2D eigenvalue weighted by atomic mass is 10.2. The van der Waals surface area contributed by atoms with E-state index < -0.39 is 0 Å². The molecule has 0 bridgehead atoms. The van der Waals surface area contributed by atoms with Crippen molar-refractivity contribution in [2.24, 2.45) is 7.05 Å². The fourth-order valence-electron chi connectivity index (χ4n) is 2.90. The molecule has 0 atom stereocenters. The van der Waals surface area contributed by atoms with Crippen LogP contribution in [0.2, 0.25) is 0 Å². The van der Waals surface area contributed by atoms with Crippen molar-refractivity contribution in [1.29, 1.82) is 0 Å². The summed E-state index contributed by atoms with van der Waals surface area (Å²) in [6.07, 6.45) is 4.50. The van der Waals surface area contributed by atoms with Gasteiger partial charge in [-0.2, -0.15) is 5.10 Å². The summed E-state index contributed by atoms with van der Waals surface area (Å²) in [5.74, 6) is 0.621. The number of aromatic nitrogens is 7. The van der Waals surface area contributed by atoms with Crippen LogP contribution in [-0.2, 0) is 13.6 Å². The molecule has 0 amide bonds. The van der Waals surface area contributed by atoms with Crippen LogP contribution in [-0.4, -0.2) is 41.3 Å². The number of rotatable bonds is 6. The monoisotopic (exact) mass is 348 g/mol. The van der Waals surface area contributed by atoms with Crippen LogP contribution in [0.25, 0.3) is 22.4 Å². The predicted octanol–water partition coefficient (Wildman–Crippen LogP) is 2.43. The second kappa shape index (κ2) is 6.91. The Kier molecular flexibility index (Phi) is 4.30. The Bertz CT molecular complexity index is 1030. The number of benzene rings is 1. The number of aryl methyl sites for hydroxylation is 3. The molecule has 132 valence electrons. The van der Waals surface area contributed by atoms with Crippen molar-refractivity contribution in [3.8, 4) is 11.4 Å². The third-order valence-electron chi connectivity index (χ3n) is 4.29. The van der Waals surface area contributed by atoms with Gasteiger partial charge < -0.3 is 5.32 Å². The third-order valence-corrected chi connectivity index (χ3v) is 4.29. The molecule has 0 radical (unpaired) electrons. The van der Waals surface area contributed by atoms with Crippen molar-refractivity contribution in [3.63, 3.8) is 0 Å². The van der Waals surface area contributed by atoms with Crippen molar-refractivity contribution in [2.75, 3.05) is 11.9 Å². The van der Waals surface area contributed by atoms with E-state index in [1.165, 1.54) is 0 Å². The molecule has 4 rings (SSSR count). The Balaban J connectivity index is 1.40. The van der Waals surface area contributed by atoms with Gasteiger partial charge in [0.05, 0.1) is 16.9 Å². The van der Waals surface area contributed by atoms with Crippen molar-refractivity contribution in [2.45, 2.75) is 19.9 Å². The average Bonchev–Trinajstić information content (AvgIpc) is 3.26. The lowest BCUT2D eigenvalue weighted by Gasteiger charge is -2.09. The van der Waals surface area contributed by atoms with Gasteiger partial charge in [-0.15, -0.1) is 5.10 Å². The number of hydrogen-bond acceptors (Lipinski definition) is 6. The van der Waals surface area contributed by atoms with E-state index >= 15 is 0 Å². The molecule has 0 saturated carbocycles. The van der Waals surface area contributed by atoms with Crippen molar-refractivity contribution >= 4 is 17.0 Å². The summed E-state index contributed by atoms with van der Waals surface area (Å²) in [6, 6.07) is 9.93. The van der Waals surface area contributed by atoms with Crippen molar-refractivity contribution in [3.05, 3.63) is 48.3 Å². The molecule has 26 heavy (non-hydrogen) atoms. The van der Waals surface area contributed by atoms with Gasteiger partial charge in [0.1, 0.15) is 5.52 Å². The van der Waals surface area contributed by atoms with E-state index in [4.69, 9.17) is 0 Å². The SMILES string of the molecule is Cc1cnc(NCCCn2nnc3ccccc32)nc1-c1ccnn1C. The summed E-state index contributed by atoms with van der Waals surface area (Å²) in [4.78, 5) is 9.02. The molecule has 0 saturated heterocycles. The molecular formula is C18H20N8. The van der Waals surface area contributed by atoms with E-state index in [1.807, 2.05) is 59.9 Å². The van der Waals surface area contributed by atoms with Crippen LogP contribution < -0.4 is 5.32 Å². The van der Waals surface area contributed by atoms with Crippen LogP contribution in [0.5, 0.6) is 0 Å². The molecule has 4 aromatic rings. The van der Waals surface area contributed by atoms with Gasteiger partial charge in [0.25, 0.3) is 0 Å². The minimum absolute atomic E-state index is 0.621. The zero-order valence-corrected chi connectivity index (χ0v) is 14.8. The van der Waals surface area contributed by atoms with Gasteiger partial charge in [-0.3, -0.25) is 4.68 Å². The Hall–Kier alpha value is -3.29. The van der Waals surface area contributed by atoms with Gasteiger partial charge in [0, 0.05) is 32.5 Å². The number of nitrogens with zero attached hydrogens (tertiary/aromatic N) is 7. The summed E-state index contributed by atoms with van der Waals surface area (Å²) in [5.41, 5.74) is 4.86. The molecule has 0 spiro atoms. The zero-order valence-electron chi connectivity index (χ0n) is 14.8. The van der Waals surface area contributed by atoms with E-state index in [0.717, 1.165) is 47.5 Å². The van der Waals surface area contributed by atoms with Gasteiger partial charge >= 0.3 is 0 Å². The first-order valence-corrected chi connectivity index (χ1v) is 8.56. The van der Waals surface area contributed by atoms with E-state index in [-0.39, 0.29) is 0 Å². The maximum atomic E-state index is 4.64. The van der Waals surface area contributed by atoms with Crippen LogP contribution in [0.1, 0.15) is 12.0 Å². The fourth-order valence-corrected chi connectivity index (χ4v) is 2.90. The topological polar surface area (TPSA) is 86.3 Å². The predicted molar refractivity (Wildman–Crippen MR) is 99.6 cm³/mol. The van der Waals surface area contributed by atoms with Crippen LogP contribution in [0.15, 0.2) is 42.7 Å². The highest BCUT2D eigenvalue weighted by Crippen LogP contribution is 2.20. The van der Waals surface area contributed by atoms with Crippen LogP contribution in [0, 0.1) is 6.92 Å². The molecule has 1 aromatic carbocycles. The number of nitrogens with one attached hydrogen (secondary N) is 1. The maximum absolute atomic E-state index is 4.64. The van der Waals surface area contributed by atoms with Gasteiger partial charge in [0.15, 0.2) is 0 Å². The fraction of sp³-hybridized carbons (Fsp3) is 0.278. The van der Waals surface area contributed by atoms with Crippen molar-refractivity contribution in [1.82, 2.24) is 34.7 Å². The molecule has 8 nitrogen and oxygen atoms in total. The molecule has 3 heterocycles. The molecular weight excluding hydrogens is 328 g/mol. The summed E-state index contributed by atoms with van der Waals surface area (Å²) in [6.45, 7) is 3.54. The van der Waals surface area contributed by atoms with Gasteiger partial charge in [-0.05, 0) is 37.1 Å². The molecule has 8 heteroatoms. The Morgan fingerprint density at radius 3 is 2.88 bits per heavy atom. The number of anilines is 1. The van der Waals surface area contributed by atoms with Gasteiger partial charge in [-0.1, -0.05) is 17.3 Å². The molecule has 0 unspecified atom stereocenters. The Labute approximate surface area is 150 Å². The number of para-hydroxylation sites is 1. The summed E-state index contributed by atoms with van der Waals surface area (Å²) in [5, 5.41) is 15.9. The summed E-state index contributed by atoms with van der Waals surface area (Å²) >= 11 is 0. The van der Waals surface area contributed by atoms with E-state index in [1.54, 1.807) is 6.20 Å². The molecule has 1 N–H and O–H groups in total. The highest BCUT2D eigenvalue weighted by molar-refractivity contribution is 5.73. The van der Waals surface area contributed by atoms with E-state index in [2.05, 4.69) is 30.7 Å². The summed E-state index contributed by atoms with van der Waals surface area (Å²) < 4.78 is 3.74. The molecule has 0 fully saturated rings. The zero-order chi connectivity index (χ0) is 17.9. The van der Waals surface area contributed by atoms with Gasteiger partial charge in [-0.25, -0.2) is 14.6 Å². The first-order chi connectivity index (χ1) is 12.7. The Morgan fingerprint density at radius 2 is 2.04 bits per heavy atom. The van der Waals surface area contributed by atoms with E-state index in [0.29, 0.717) is 5.95 Å². The summed E-state index contributed by atoms with van der Waals surface area (Å²) in [7, 11) is 1.91. The minimum Gasteiger partial charge on any atom is -0.354 e.